The summed E-state index contributed by atoms with van der Waals surface area (Å²) >= 11 is 3.07. The first-order valence-electron chi connectivity index (χ1n) is 3.86. The first kappa shape index (κ1) is 10.5. The molecule has 2 nitrogen and oxygen atoms in total. The second kappa shape index (κ2) is 4.07. The molecule has 0 aliphatic carbocycles. The Bertz CT molecular complexity index is 313. The largest absolute Gasteiger partial charge is 0.506 e. The highest BCUT2D eigenvalue weighted by Gasteiger charge is 2.12. The van der Waals surface area contributed by atoms with Crippen LogP contribution in [0, 0.1) is 5.82 Å². The summed E-state index contributed by atoms with van der Waals surface area (Å²) in [4.78, 5) is 0. The van der Waals surface area contributed by atoms with Crippen LogP contribution in [0.1, 0.15) is 12.5 Å². The molecule has 1 atom stereocenters. The van der Waals surface area contributed by atoms with Crippen LogP contribution in [-0.2, 0) is 6.42 Å². The minimum absolute atomic E-state index is 0.108. The Morgan fingerprint density at radius 3 is 2.69 bits per heavy atom. The maximum atomic E-state index is 13.1. The molecule has 0 saturated heterocycles. The van der Waals surface area contributed by atoms with E-state index in [1.165, 1.54) is 12.1 Å². The number of halogens is 2. The minimum atomic E-state index is -0.672. The summed E-state index contributed by atoms with van der Waals surface area (Å²) in [5.41, 5.74) is 0.143. The van der Waals surface area contributed by atoms with E-state index in [4.69, 9.17) is 5.11 Å². The lowest BCUT2D eigenvalue weighted by atomic mass is 10.1. The molecule has 0 radical (unpaired) electrons. The van der Waals surface area contributed by atoms with Crippen molar-refractivity contribution in [1.29, 1.82) is 0 Å². The number of rotatable bonds is 2. The fourth-order valence-corrected chi connectivity index (χ4v) is 1.44. The van der Waals surface area contributed by atoms with E-state index >= 15 is 0 Å². The zero-order valence-electron chi connectivity index (χ0n) is 7.09. The van der Waals surface area contributed by atoms with Gasteiger partial charge in [-0.3, -0.25) is 0 Å². The number of hydrogen-bond donors (Lipinski definition) is 2. The number of aliphatic hydroxyl groups excluding tert-OH is 1. The van der Waals surface area contributed by atoms with E-state index in [1.807, 2.05) is 0 Å². The molecule has 0 aliphatic rings. The van der Waals surface area contributed by atoms with Gasteiger partial charge in [0, 0.05) is 12.0 Å². The van der Waals surface area contributed by atoms with Crippen molar-refractivity contribution in [3.05, 3.63) is 28.0 Å². The van der Waals surface area contributed by atoms with Gasteiger partial charge in [0.25, 0.3) is 0 Å². The summed E-state index contributed by atoms with van der Waals surface area (Å²) in [6, 6.07) is 2.68. The van der Waals surface area contributed by atoms with Crippen LogP contribution >= 0.6 is 15.9 Å². The predicted octanol–water partition coefficient (Wildman–Crippen LogP) is 2.22. The molecule has 0 amide bonds. The fraction of sp³-hybridized carbons (Fsp3) is 0.333. The van der Waals surface area contributed by atoms with Crippen molar-refractivity contribution in [2.75, 3.05) is 0 Å². The predicted molar refractivity (Wildman–Crippen MR) is 51.1 cm³/mol. The smallest absolute Gasteiger partial charge is 0.135 e. The number of benzene rings is 1. The highest BCUT2D eigenvalue weighted by atomic mass is 79.9. The summed E-state index contributed by atoms with van der Waals surface area (Å²) < 4.78 is 13.5. The number of phenols is 1. The Kier molecular flexibility index (Phi) is 3.27. The number of hydrogen-bond acceptors (Lipinski definition) is 2. The van der Waals surface area contributed by atoms with Crippen LogP contribution in [-0.4, -0.2) is 16.3 Å². The van der Waals surface area contributed by atoms with E-state index in [2.05, 4.69) is 15.9 Å². The third kappa shape index (κ3) is 2.42. The maximum absolute atomic E-state index is 13.1. The molecule has 0 saturated carbocycles. The minimum Gasteiger partial charge on any atom is -0.506 e. The molecule has 4 heteroatoms. The van der Waals surface area contributed by atoms with Crippen LogP contribution in [0.3, 0.4) is 0 Å². The third-order valence-corrected chi connectivity index (χ3v) is 2.32. The molecule has 2 N–H and O–H groups in total. The van der Waals surface area contributed by atoms with E-state index in [0.29, 0.717) is 4.47 Å². The average Bonchev–Trinajstić information content (AvgIpc) is 2.05. The lowest BCUT2D eigenvalue weighted by Crippen LogP contribution is -2.06. The molecule has 1 unspecified atom stereocenters. The Labute approximate surface area is 84.1 Å². The van der Waals surface area contributed by atoms with Gasteiger partial charge < -0.3 is 10.2 Å². The molecule has 13 heavy (non-hydrogen) atoms. The first-order chi connectivity index (χ1) is 6.02. The van der Waals surface area contributed by atoms with Gasteiger partial charge in [-0.1, -0.05) is 0 Å². The van der Waals surface area contributed by atoms with Crippen LogP contribution in [0.2, 0.25) is 0 Å². The maximum Gasteiger partial charge on any atom is 0.135 e. The first-order valence-corrected chi connectivity index (χ1v) is 4.65. The Morgan fingerprint density at radius 1 is 1.54 bits per heavy atom. The summed E-state index contributed by atoms with van der Waals surface area (Å²) in [7, 11) is 0. The molecule has 0 spiro atoms. The van der Waals surface area contributed by atoms with Crippen molar-refractivity contribution in [3.8, 4) is 5.75 Å². The standard InChI is InChI=1S/C9H10BrFO2/c1-5(12)4-6-8(11)3-2-7(10)9(6)13/h2-3,5,12-13H,4H2,1H3. The van der Waals surface area contributed by atoms with Crippen LogP contribution in [0.25, 0.3) is 0 Å². The van der Waals surface area contributed by atoms with E-state index in [-0.39, 0.29) is 17.7 Å². The van der Waals surface area contributed by atoms with E-state index in [9.17, 15) is 9.50 Å². The van der Waals surface area contributed by atoms with Crippen molar-refractivity contribution >= 4 is 15.9 Å². The summed E-state index contributed by atoms with van der Waals surface area (Å²) in [5, 5.41) is 18.5. The number of aromatic hydroxyl groups is 1. The van der Waals surface area contributed by atoms with Crippen LogP contribution in [0.5, 0.6) is 5.75 Å². The Morgan fingerprint density at radius 2 is 2.15 bits per heavy atom. The molecule has 0 heterocycles. The van der Waals surface area contributed by atoms with Crippen molar-refractivity contribution in [3.63, 3.8) is 0 Å². The molecular formula is C9H10BrFO2. The molecule has 72 valence electrons. The van der Waals surface area contributed by atoms with Gasteiger partial charge in [-0.25, -0.2) is 4.39 Å². The van der Waals surface area contributed by atoms with Crippen LogP contribution in [0.15, 0.2) is 16.6 Å². The lowest BCUT2D eigenvalue weighted by molar-refractivity contribution is 0.192. The summed E-state index contributed by atoms with van der Waals surface area (Å²) in [6.45, 7) is 1.54. The quantitative estimate of drug-likeness (QED) is 0.843. The van der Waals surface area contributed by atoms with E-state index < -0.39 is 11.9 Å². The highest BCUT2D eigenvalue weighted by molar-refractivity contribution is 9.10. The zero-order chi connectivity index (χ0) is 10.0. The van der Waals surface area contributed by atoms with Crippen molar-refractivity contribution in [2.24, 2.45) is 0 Å². The van der Waals surface area contributed by atoms with Crippen molar-refractivity contribution in [2.45, 2.75) is 19.4 Å². The Balaban J connectivity index is 3.10. The van der Waals surface area contributed by atoms with Gasteiger partial charge in [0.1, 0.15) is 11.6 Å². The van der Waals surface area contributed by atoms with Gasteiger partial charge in [0.05, 0.1) is 10.6 Å². The molecule has 1 aromatic rings. The van der Waals surface area contributed by atoms with Crippen molar-refractivity contribution in [1.82, 2.24) is 0 Å². The normalized spacial score (nSPS) is 12.9. The fourth-order valence-electron chi connectivity index (χ4n) is 1.07. The molecule has 1 rings (SSSR count). The molecule has 0 fully saturated rings. The second-order valence-corrected chi connectivity index (χ2v) is 3.76. The Hall–Kier alpha value is -0.610. The van der Waals surface area contributed by atoms with Gasteiger partial charge >= 0.3 is 0 Å². The van der Waals surface area contributed by atoms with Crippen LogP contribution in [0.4, 0.5) is 4.39 Å². The second-order valence-electron chi connectivity index (χ2n) is 2.91. The molecule has 0 bridgehead atoms. The van der Waals surface area contributed by atoms with Crippen molar-refractivity contribution < 1.29 is 14.6 Å². The lowest BCUT2D eigenvalue weighted by Gasteiger charge is -2.09. The molecule has 0 aromatic heterocycles. The van der Waals surface area contributed by atoms with E-state index in [0.717, 1.165) is 0 Å². The summed E-state index contributed by atoms with van der Waals surface area (Å²) in [6.07, 6.45) is -0.563. The third-order valence-electron chi connectivity index (χ3n) is 1.68. The van der Waals surface area contributed by atoms with Gasteiger partial charge in [-0.15, -0.1) is 0 Å². The van der Waals surface area contributed by atoms with Gasteiger partial charge in [-0.05, 0) is 35.0 Å². The highest BCUT2D eigenvalue weighted by Crippen LogP contribution is 2.30. The number of phenolic OH excluding ortho intramolecular Hbond substituents is 1. The van der Waals surface area contributed by atoms with Gasteiger partial charge in [0.2, 0.25) is 0 Å². The topological polar surface area (TPSA) is 40.5 Å². The molecular weight excluding hydrogens is 239 g/mol. The average molecular weight is 249 g/mol. The number of aliphatic hydroxyl groups is 1. The monoisotopic (exact) mass is 248 g/mol. The molecule has 1 aromatic carbocycles. The SMILES string of the molecule is CC(O)Cc1c(F)ccc(Br)c1O. The van der Waals surface area contributed by atoms with Gasteiger partial charge in [0.15, 0.2) is 0 Å². The molecule has 0 aliphatic heterocycles. The van der Waals surface area contributed by atoms with Crippen LogP contribution < -0.4 is 0 Å². The summed E-state index contributed by atoms with van der Waals surface area (Å²) in [5.74, 6) is -0.637. The van der Waals surface area contributed by atoms with Gasteiger partial charge in [-0.2, -0.15) is 0 Å². The van der Waals surface area contributed by atoms with E-state index in [1.54, 1.807) is 6.92 Å². The zero-order valence-corrected chi connectivity index (χ0v) is 8.68.